The molecule has 0 aromatic heterocycles. The first-order chi connectivity index (χ1) is 9.81. The summed E-state index contributed by atoms with van der Waals surface area (Å²) in [5.74, 6) is 0.967. The molecule has 104 valence electrons. The van der Waals surface area contributed by atoms with Gasteiger partial charge in [-0.3, -0.25) is 0 Å². The first kappa shape index (κ1) is 13.2. The smallest absolute Gasteiger partial charge is 0.122 e. The van der Waals surface area contributed by atoms with E-state index in [-0.39, 0.29) is 0 Å². The van der Waals surface area contributed by atoms with Crippen LogP contribution in [-0.4, -0.2) is 6.04 Å². The van der Waals surface area contributed by atoms with Crippen LogP contribution < -0.4 is 10.1 Å². The molecule has 0 radical (unpaired) electrons. The summed E-state index contributed by atoms with van der Waals surface area (Å²) in [6.07, 6.45) is 2.66. The minimum absolute atomic E-state index is 0.627. The molecule has 1 N–H and O–H groups in total. The first-order valence-corrected chi connectivity index (χ1v) is 7.31. The lowest BCUT2D eigenvalue weighted by atomic mass is 10.1. The van der Waals surface area contributed by atoms with Gasteiger partial charge in [-0.15, -0.1) is 0 Å². The standard InChI is InChI=1S/C18H21NO/c1-14-5-2-3-8-18(14)20-13-16-7-4-6-15(11-16)12-19-17-9-10-17/h2-8,11,17,19H,9-10,12-13H2,1H3. The summed E-state index contributed by atoms with van der Waals surface area (Å²) in [7, 11) is 0. The van der Waals surface area contributed by atoms with Crippen LogP contribution in [0.15, 0.2) is 48.5 Å². The van der Waals surface area contributed by atoms with Crippen molar-refractivity contribution < 1.29 is 4.74 Å². The summed E-state index contributed by atoms with van der Waals surface area (Å²) in [6, 6.07) is 17.5. The van der Waals surface area contributed by atoms with Crippen LogP contribution in [0.2, 0.25) is 0 Å². The summed E-state index contributed by atoms with van der Waals surface area (Å²) in [4.78, 5) is 0. The normalized spacial score (nSPS) is 14.2. The Morgan fingerprint density at radius 3 is 2.65 bits per heavy atom. The molecule has 0 atom stereocenters. The van der Waals surface area contributed by atoms with Crippen molar-refractivity contribution in [3.8, 4) is 5.75 Å². The van der Waals surface area contributed by atoms with Gasteiger partial charge in [-0.1, -0.05) is 42.5 Å². The number of ether oxygens (including phenoxy) is 1. The molecular weight excluding hydrogens is 246 g/mol. The summed E-state index contributed by atoms with van der Waals surface area (Å²) in [5, 5.41) is 3.54. The lowest BCUT2D eigenvalue weighted by molar-refractivity contribution is 0.304. The maximum Gasteiger partial charge on any atom is 0.122 e. The number of hydrogen-bond acceptors (Lipinski definition) is 2. The zero-order chi connectivity index (χ0) is 13.8. The van der Waals surface area contributed by atoms with Crippen LogP contribution in [0, 0.1) is 6.92 Å². The van der Waals surface area contributed by atoms with Gasteiger partial charge in [0.15, 0.2) is 0 Å². The Bertz CT molecular complexity index is 575. The largest absolute Gasteiger partial charge is 0.489 e. The van der Waals surface area contributed by atoms with Crippen LogP contribution in [0.1, 0.15) is 29.5 Å². The van der Waals surface area contributed by atoms with Crippen molar-refractivity contribution in [1.29, 1.82) is 0 Å². The zero-order valence-corrected chi connectivity index (χ0v) is 11.9. The predicted molar refractivity (Wildman–Crippen MR) is 81.8 cm³/mol. The maximum absolute atomic E-state index is 5.90. The predicted octanol–water partition coefficient (Wildman–Crippen LogP) is 3.83. The van der Waals surface area contributed by atoms with E-state index in [1.54, 1.807) is 0 Å². The van der Waals surface area contributed by atoms with E-state index in [9.17, 15) is 0 Å². The zero-order valence-electron chi connectivity index (χ0n) is 11.9. The quantitative estimate of drug-likeness (QED) is 0.859. The third kappa shape index (κ3) is 3.61. The van der Waals surface area contributed by atoms with Gasteiger partial charge in [-0.25, -0.2) is 0 Å². The fourth-order valence-electron chi connectivity index (χ4n) is 2.26. The second-order valence-electron chi connectivity index (χ2n) is 5.53. The molecule has 1 saturated carbocycles. The van der Waals surface area contributed by atoms with Gasteiger partial charge in [0.25, 0.3) is 0 Å². The number of para-hydroxylation sites is 1. The van der Waals surface area contributed by atoms with Crippen molar-refractivity contribution >= 4 is 0 Å². The van der Waals surface area contributed by atoms with E-state index in [4.69, 9.17) is 4.74 Å². The van der Waals surface area contributed by atoms with Crippen molar-refractivity contribution in [2.75, 3.05) is 0 Å². The van der Waals surface area contributed by atoms with Gasteiger partial charge < -0.3 is 10.1 Å². The molecule has 2 nitrogen and oxygen atoms in total. The van der Waals surface area contributed by atoms with Crippen LogP contribution in [0.4, 0.5) is 0 Å². The number of hydrogen-bond donors (Lipinski definition) is 1. The van der Waals surface area contributed by atoms with Crippen molar-refractivity contribution in [2.45, 2.75) is 39.0 Å². The topological polar surface area (TPSA) is 21.3 Å². The van der Waals surface area contributed by atoms with Gasteiger partial charge in [0, 0.05) is 12.6 Å². The van der Waals surface area contributed by atoms with Crippen LogP contribution >= 0.6 is 0 Å². The average Bonchev–Trinajstić information content (AvgIpc) is 3.29. The van der Waals surface area contributed by atoms with E-state index in [2.05, 4.69) is 42.6 Å². The minimum atomic E-state index is 0.627. The Labute approximate surface area is 120 Å². The third-order valence-electron chi connectivity index (χ3n) is 3.65. The Morgan fingerprint density at radius 1 is 1.05 bits per heavy atom. The molecule has 0 saturated heterocycles. The van der Waals surface area contributed by atoms with E-state index in [1.807, 2.05) is 18.2 Å². The Kier molecular flexibility index (Phi) is 4.03. The molecule has 0 amide bonds. The highest BCUT2D eigenvalue weighted by Gasteiger charge is 2.19. The highest BCUT2D eigenvalue weighted by molar-refractivity contribution is 5.32. The first-order valence-electron chi connectivity index (χ1n) is 7.31. The number of rotatable bonds is 6. The number of aryl methyl sites for hydroxylation is 1. The fourth-order valence-corrected chi connectivity index (χ4v) is 2.26. The highest BCUT2D eigenvalue weighted by Crippen LogP contribution is 2.20. The van der Waals surface area contributed by atoms with Gasteiger partial charge in [0.1, 0.15) is 12.4 Å². The molecule has 2 aromatic carbocycles. The van der Waals surface area contributed by atoms with Crippen LogP contribution in [0.3, 0.4) is 0 Å². The molecule has 0 aliphatic heterocycles. The SMILES string of the molecule is Cc1ccccc1OCc1cccc(CNC2CC2)c1. The second kappa shape index (κ2) is 6.10. The number of benzene rings is 2. The lowest BCUT2D eigenvalue weighted by Gasteiger charge is -2.10. The van der Waals surface area contributed by atoms with E-state index in [0.717, 1.165) is 18.3 Å². The van der Waals surface area contributed by atoms with Crippen LogP contribution in [0.25, 0.3) is 0 Å². The van der Waals surface area contributed by atoms with Crippen LogP contribution in [-0.2, 0) is 13.2 Å². The van der Waals surface area contributed by atoms with Crippen molar-refractivity contribution in [2.24, 2.45) is 0 Å². The van der Waals surface area contributed by atoms with E-state index in [1.165, 1.54) is 29.5 Å². The summed E-state index contributed by atoms with van der Waals surface area (Å²) >= 11 is 0. The minimum Gasteiger partial charge on any atom is -0.489 e. The Morgan fingerprint density at radius 2 is 1.85 bits per heavy atom. The fraction of sp³-hybridized carbons (Fsp3) is 0.333. The molecule has 3 rings (SSSR count). The van der Waals surface area contributed by atoms with E-state index < -0.39 is 0 Å². The Balaban J connectivity index is 1.59. The number of nitrogens with one attached hydrogen (secondary N) is 1. The molecule has 0 heterocycles. The van der Waals surface area contributed by atoms with Gasteiger partial charge in [0.2, 0.25) is 0 Å². The monoisotopic (exact) mass is 267 g/mol. The van der Waals surface area contributed by atoms with Crippen molar-refractivity contribution in [3.05, 3.63) is 65.2 Å². The molecule has 1 aliphatic carbocycles. The molecule has 1 fully saturated rings. The molecule has 1 aliphatic rings. The van der Waals surface area contributed by atoms with Gasteiger partial charge >= 0.3 is 0 Å². The molecule has 0 spiro atoms. The van der Waals surface area contributed by atoms with Crippen LogP contribution in [0.5, 0.6) is 5.75 Å². The van der Waals surface area contributed by atoms with Crippen molar-refractivity contribution in [1.82, 2.24) is 5.32 Å². The molecule has 2 heteroatoms. The Hall–Kier alpha value is -1.80. The van der Waals surface area contributed by atoms with Gasteiger partial charge in [-0.05, 0) is 42.5 Å². The molecule has 0 unspecified atom stereocenters. The van der Waals surface area contributed by atoms with E-state index in [0.29, 0.717) is 6.61 Å². The lowest BCUT2D eigenvalue weighted by Crippen LogP contribution is -2.15. The van der Waals surface area contributed by atoms with Crippen molar-refractivity contribution in [3.63, 3.8) is 0 Å². The molecule has 20 heavy (non-hydrogen) atoms. The third-order valence-corrected chi connectivity index (χ3v) is 3.65. The molecule has 2 aromatic rings. The summed E-state index contributed by atoms with van der Waals surface area (Å²) in [6.45, 7) is 3.66. The van der Waals surface area contributed by atoms with Gasteiger partial charge in [-0.2, -0.15) is 0 Å². The van der Waals surface area contributed by atoms with Gasteiger partial charge in [0.05, 0.1) is 0 Å². The highest BCUT2D eigenvalue weighted by atomic mass is 16.5. The second-order valence-corrected chi connectivity index (χ2v) is 5.53. The average molecular weight is 267 g/mol. The molecule has 0 bridgehead atoms. The summed E-state index contributed by atoms with van der Waals surface area (Å²) < 4.78 is 5.90. The summed E-state index contributed by atoms with van der Waals surface area (Å²) in [5.41, 5.74) is 3.74. The molecular formula is C18H21NO. The maximum atomic E-state index is 5.90. The van der Waals surface area contributed by atoms with E-state index >= 15 is 0 Å².